The number of rotatable bonds is 4. The Morgan fingerprint density at radius 3 is 3.05 bits per heavy atom. The Balaban J connectivity index is 1.53. The van der Waals surface area contributed by atoms with Crippen molar-refractivity contribution in [3.63, 3.8) is 0 Å². The van der Waals surface area contributed by atoms with Crippen molar-refractivity contribution in [1.82, 2.24) is 20.6 Å². The van der Waals surface area contributed by atoms with Crippen LogP contribution in [-0.4, -0.2) is 48.2 Å². The van der Waals surface area contributed by atoms with Gasteiger partial charge >= 0.3 is 0 Å². The molecule has 1 aromatic rings. The lowest BCUT2D eigenvalue weighted by atomic mass is 9.95. The van der Waals surface area contributed by atoms with E-state index in [0.717, 1.165) is 30.9 Å². The smallest absolute Gasteiger partial charge is 0.250 e. The first-order valence-corrected chi connectivity index (χ1v) is 8.19. The summed E-state index contributed by atoms with van der Waals surface area (Å²) in [5.74, 6) is 0.781. The van der Waals surface area contributed by atoms with E-state index in [0.29, 0.717) is 26.1 Å². The van der Waals surface area contributed by atoms with Gasteiger partial charge in [0.25, 0.3) is 0 Å². The first-order chi connectivity index (χ1) is 10.7. The summed E-state index contributed by atoms with van der Waals surface area (Å²) in [4.78, 5) is 21.2. The fourth-order valence-corrected chi connectivity index (χ4v) is 3.10. The highest BCUT2D eigenvalue weighted by Crippen LogP contribution is 2.21. The molecule has 0 radical (unpaired) electrons. The lowest BCUT2D eigenvalue weighted by Gasteiger charge is -2.22. The number of nitrogens with zero attached hydrogens (tertiary/aromatic N) is 2. The monoisotopic (exact) mass is 304 g/mol. The normalized spacial score (nSPS) is 21.2. The van der Waals surface area contributed by atoms with E-state index in [2.05, 4.69) is 27.5 Å². The Kier molecular flexibility index (Phi) is 5.00. The fraction of sp³-hybridized carbons (Fsp3) is 0.688. The molecule has 2 aliphatic rings. The van der Waals surface area contributed by atoms with Crippen molar-refractivity contribution in [1.29, 1.82) is 0 Å². The lowest BCUT2D eigenvalue weighted by molar-refractivity contribution is -0.134. The number of ether oxygens (including phenoxy) is 1. The Morgan fingerprint density at radius 1 is 1.36 bits per heavy atom. The number of aryl methyl sites for hydroxylation is 2. The van der Waals surface area contributed by atoms with Gasteiger partial charge in [-0.2, -0.15) is 0 Å². The number of fused-ring (bicyclic) bond motifs is 1. The van der Waals surface area contributed by atoms with Crippen LogP contribution in [0.15, 0.2) is 0 Å². The second kappa shape index (κ2) is 7.15. The predicted molar refractivity (Wildman–Crippen MR) is 82.7 cm³/mol. The molecule has 2 heterocycles. The van der Waals surface area contributed by atoms with Crippen LogP contribution in [-0.2, 0) is 28.8 Å². The van der Waals surface area contributed by atoms with E-state index in [9.17, 15) is 4.79 Å². The maximum Gasteiger partial charge on any atom is 0.250 e. The molecule has 1 saturated heterocycles. The number of aromatic nitrogens is 2. The Hall–Kier alpha value is -1.53. The molecule has 1 aliphatic carbocycles. The van der Waals surface area contributed by atoms with Crippen LogP contribution in [0.2, 0.25) is 0 Å². The van der Waals surface area contributed by atoms with Gasteiger partial charge in [-0.3, -0.25) is 4.79 Å². The Morgan fingerprint density at radius 2 is 2.23 bits per heavy atom. The molecule has 0 unspecified atom stereocenters. The molecular formula is C16H24N4O2. The fourth-order valence-electron chi connectivity index (χ4n) is 3.10. The summed E-state index contributed by atoms with van der Waals surface area (Å²) in [7, 11) is 0. The highest BCUT2D eigenvalue weighted by atomic mass is 16.5. The minimum Gasteiger partial charge on any atom is -0.366 e. The molecule has 120 valence electrons. The molecule has 22 heavy (non-hydrogen) atoms. The van der Waals surface area contributed by atoms with Crippen LogP contribution in [0.3, 0.4) is 0 Å². The molecule has 6 heteroatoms. The van der Waals surface area contributed by atoms with Gasteiger partial charge in [-0.1, -0.05) is 0 Å². The highest BCUT2D eigenvalue weighted by Gasteiger charge is 2.21. The van der Waals surface area contributed by atoms with Crippen LogP contribution in [0.5, 0.6) is 0 Å². The van der Waals surface area contributed by atoms with E-state index in [4.69, 9.17) is 4.74 Å². The van der Waals surface area contributed by atoms with E-state index in [1.807, 2.05) is 0 Å². The molecule has 1 fully saturated rings. The van der Waals surface area contributed by atoms with Gasteiger partial charge in [0.15, 0.2) is 0 Å². The zero-order valence-electron chi connectivity index (χ0n) is 13.2. The number of hydrogen-bond acceptors (Lipinski definition) is 5. The largest absolute Gasteiger partial charge is 0.366 e. The van der Waals surface area contributed by atoms with Gasteiger partial charge in [0.2, 0.25) is 5.91 Å². The van der Waals surface area contributed by atoms with E-state index in [1.165, 1.54) is 24.1 Å². The number of carbonyl (C=O) groups excluding carboxylic acids is 1. The minimum atomic E-state index is -0.375. The van der Waals surface area contributed by atoms with Crippen molar-refractivity contribution in [3.8, 4) is 0 Å². The molecule has 1 aliphatic heterocycles. The molecule has 0 saturated carbocycles. The van der Waals surface area contributed by atoms with E-state index in [1.54, 1.807) is 0 Å². The average molecular weight is 304 g/mol. The van der Waals surface area contributed by atoms with E-state index < -0.39 is 0 Å². The molecule has 1 amide bonds. The van der Waals surface area contributed by atoms with Gasteiger partial charge in [-0.15, -0.1) is 0 Å². The first-order valence-electron chi connectivity index (χ1n) is 8.19. The zero-order chi connectivity index (χ0) is 15.4. The quantitative estimate of drug-likeness (QED) is 0.837. The topological polar surface area (TPSA) is 76.1 Å². The maximum absolute atomic E-state index is 12.0. The van der Waals surface area contributed by atoms with E-state index in [-0.39, 0.29) is 12.0 Å². The first kappa shape index (κ1) is 15.4. The number of nitrogens with one attached hydrogen (secondary N) is 2. The van der Waals surface area contributed by atoms with Crippen molar-refractivity contribution >= 4 is 5.91 Å². The summed E-state index contributed by atoms with van der Waals surface area (Å²) in [6.45, 7) is 4.60. The predicted octanol–water partition coefficient (Wildman–Crippen LogP) is 0.311. The van der Waals surface area contributed by atoms with Gasteiger partial charge in [0.1, 0.15) is 11.9 Å². The van der Waals surface area contributed by atoms with Gasteiger partial charge in [-0.05, 0) is 38.2 Å². The summed E-state index contributed by atoms with van der Waals surface area (Å²) in [6.07, 6.45) is 4.90. The molecule has 3 rings (SSSR count). The summed E-state index contributed by atoms with van der Waals surface area (Å²) < 4.78 is 5.43. The highest BCUT2D eigenvalue weighted by molar-refractivity contribution is 5.81. The van der Waals surface area contributed by atoms with Crippen molar-refractivity contribution in [2.45, 2.75) is 45.1 Å². The Labute approximate surface area is 131 Å². The molecular weight excluding hydrogens is 280 g/mol. The third-order valence-corrected chi connectivity index (χ3v) is 4.30. The third-order valence-electron chi connectivity index (χ3n) is 4.30. The average Bonchev–Trinajstić information content (AvgIpc) is 2.56. The van der Waals surface area contributed by atoms with Crippen LogP contribution < -0.4 is 10.6 Å². The molecule has 2 N–H and O–H groups in total. The SMILES string of the molecule is Cc1nc(CCNC(=O)[C@H]2CNCCO2)nc2c1CCCC2. The lowest BCUT2D eigenvalue weighted by Crippen LogP contribution is -2.48. The van der Waals surface area contributed by atoms with Gasteiger partial charge in [0, 0.05) is 37.4 Å². The van der Waals surface area contributed by atoms with Crippen LogP contribution in [0, 0.1) is 6.92 Å². The number of carbonyl (C=O) groups is 1. The standard InChI is InChI=1S/C16H24N4O2/c1-11-12-4-2-3-5-13(12)20-15(19-11)6-7-18-16(21)14-10-17-8-9-22-14/h14,17H,2-10H2,1H3,(H,18,21)/t14-/m1/s1. The molecule has 0 spiro atoms. The number of morpholine rings is 1. The van der Waals surface area contributed by atoms with E-state index >= 15 is 0 Å². The second-order valence-corrected chi connectivity index (χ2v) is 5.96. The van der Waals surface area contributed by atoms with Crippen molar-refractivity contribution in [2.24, 2.45) is 0 Å². The van der Waals surface area contributed by atoms with Crippen molar-refractivity contribution in [3.05, 3.63) is 22.8 Å². The molecule has 1 aromatic heterocycles. The van der Waals surface area contributed by atoms with Crippen LogP contribution in [0.1, 0.15) is 35.6 Å². The molecule has 0 aromatic carbocycles. The van der Waals surface area contributed by atoms with Gasteiger partial charge in [0.05, 0.1) is 6.61 Å². The van der Waals surface area contributed by atoms with Gasteiger partial charge in [-0.25, -0.2) is 9.97 Å². The van der Waals surface area contributed by atoms with Crippen LogP contribution in [0.4, 0.5) is 0 Å². The maximum atomic E-state index is 12.0. The number of amides is 1. The Bertz CT molecular complexity index is 541. The zero-order valence-corrected chi connectivity index (χ0v) is 13.2. The summed E-state index contributed by atoms with van der Waals surface area (Å²) in [6, 6.07) is 0. The third kappa shape index (κ3) is 3.62. The second-order valence-electron chi connectivity index (χ2n) is 5.96. The summed E-state index contributed by atoms with van der Waals surface area (Å²) >= 11 is 0. The molecule has 0 bridgehead atoms. The van der Waals surface area contributed by atoms with Crippen LogP contribution in [0.25, 0.3) is 0 Å². The minimum absolute atomic E-state index is 0.0538. The van der Waals surface area contributed by atoms with Crippen molar-refractivity contribution in [2.75, 3.05) is 26.2 Å². The van der Waals surface area contributed by atoms with Crippen LogP contribution >= 0.6 is 0 Å². The van der Waals surface area contributed by atoms with Crippen molar-refractivity contribution < 1.29 is 9.53 Å². The summed E-state index contributed by atoms with van der Waals surface area (Å²) in [5.41, 5.74) is 3.64. The summed E-state index contributed by atoms with van der Waals surface area (Å²) in [5, 5.41) is 6.07. The molecule has 1 atom stereocenters. The number of hydrogen-bond donors (Lipinski definition) is 2. The molecule has 6 nitrogen and oxygen atoms in total. The van der Waals surface area contributed by atoms with Gasteiger partial charge < -0.3 is 15.4 Å².